The molecular weight excluding hydrogens is 360 g/mol. The normalized spacial score (nSPS) is 17.1. The van der Waals surface area contributed by atoms with Gasteiger partial charge >= 0.3 is 5.97 Å². The van der Waals surface area contributed by atoms with Gasteiger partial charge in [0, 0.05) is 5.41 Å². The Kier molecular flexibility index (Phi) is 8.26. The first-order chi connectivity index (χ1) is 11.8. The van der Waals surface area contributed by atoms with Crippen LogP contribution in [-0.2, 0) is 14.0 Å². The summed E-state index contributed by atoms with van der Waals surface area (Å²) in [5.74, 6) is -1.42. The third kappa shape index (κ3) is 6.00. The molecule has 0 heterocycles. The van der Waals surface area contributed by atoms with Gasteiger partial charge in [-0.1, -0.05) is 61.5 Å². The van der Waals surface area contributed by atoms with Crippen molar-refractivity contribution in [1.82, 2.24) is 0 Å². The third-order valence-corrected chi connectivity index (χ3v) is 10.6. The molecule has 0 aromatic carbocycles. The molecular formula is C21H40O5Si. The molecule has 0 radical (unpaired) electrons. The van der Waals surface area contributed by atoms with E-state index in [9.17, 15) is 14.7 Å². The number of Topliss-reactive ketones (excluding diaryl/α,β-unsaturated/α-hetero) is 1. The van der Waals surface area contributed by atoms with Gasteiger partial charge in [0.2, 0.25) is 0 Å². The summed E-state index contributed by atoms with van der Waals surface area (Å²) in [5.41, 5.74) is -2.13. The van der Waals surface area contributed by atoms with E-state index in [-0.39, 0.29) is 16.7 Å². The average Bonchev–Trinajstić information content (AvgIpc) is 2.48. The van der Waals surface area contributed by atoms with Crippen LogP contribution in [0.25, 0.3) is 0 Å². The number of carbonyl (C=O) groups is 2. The summed E-state index contributed by atoms with van der Waals surface area (Å²) >= 11 is 0. The minimum Gasteiger partial charge on any atom is -0.481 e. The van der Waals surface area contributed by atoms with Crippen molar-refractivity contribution in [3.63, 3.8) is 0 Å². The smallest absolute Gasteiger partial charge is 0.306 e. The zero-order chi connectivity index (χ0) is 22.0. The van der Waals surface area contributed by atoms with Gasteiger partial charge in [0.15, 0.2) is 8.32 Å². The maximum atomic E-state index is 13.5. The molecule has 0 aliphatic carbocycles. The monoisotopic (exact) mass is 400 g/mol. The first-order valence-corrected chi connectivity index (χ1v) is 12.5. The quantitative estimate of drug-likeness (QED) is 0.412. The first-order valence-electron chi connectivity index (χ1n) is 9.57. The van der Waals surface area contributed by atoms with Gasteiger partial charge in [0.05, 0.1) is 24.0 Å². The molecule has 5 nitrogen and oxygen atoms in total. The number of aliphatic hydroxyl groups excluding tert-OH is 1. The molecule has 0 amide bonds. The Labute approximate surface area is 166 Å². The number of aliphatic hydroxyl groups is 1. The molecule has 0 rings (SSSR count). The zero-order valence-corrected chi connectivity index (χ0v) is 19.8. The van der Waals surface area contributed by atoms with E-state index in [0.29, 0.717) is 0 Å². The number of carboxylic acid groups (broad SMARTS) is 1. The number of hydrogen-bond acceptors (Lipinski definition) is 4. The molecule has 27 heavy (non-hydrogen) atoms. The molecule has 0 aliphatic heterocycles. The number of ketones is 1. The maximum absolute atomic E-state index is 13.5. The lowest BCUT2D eigenvalue weighted by atomic mass is 9.66. The molecule has 158 valence electrons. The molecule has 2 N–H and O–H groups in total. The fourth-order valence-corrected chi connectivity index (χ4v) is 4.56. The van der Waals surface area contributed by atoms with E-state index in [1.54, 1.807) is 19.9 Å². The fourth-order valence-electron chi connectivity index (χ4n) is 3.06. The zero-order valence-electron chi connectivity index (χ0n) is 18.8. The summed E-state index contributed by atoms with van der Waals surface area (Å²) in [6.45, 7) is 23.4. The highest BCUT2D eigenvalue weighted by Gasteiger charge is 2.51. The lowest BCUT2D eigenvalue weighted by Gasteiger charge is -2.47. The molecule has 0 saturated carbocycles. The number of carboxylic acids is 1. The molecule has 0 aromatic rings. The fraction of sp³-hybridized carbons (Fsp3) is 0.810. The highest BCUT2D eigenvalue weighted by molar-refractivity contribution is 6.74. The van der Waals surface area contributed by atoms with Crippen LogP contribution >= 0.6 is 0 Å². The summed E-state index contributed by atoms with van der Waals surface area (Å²) in [7, 11) is -2.17. The van der Waals surface area contributed by atoms with Gasteiger partial charge in [-0.3, -0.25) is 9.59 Å². The minimum atomic E-state index is -2.17. The Morgan fingerprint density at radius 1 is 1.07 bits per heavy atom. The number of rotatable bonds is 10. The Morgan fingerprint density at radius 2 is 1.52 bits per heavy atom. The average molecular weight is 401 g/mol. The van der Waals surface area contributed by atoms with Gasteiger partial charge in [-0.15, -0.1) is 6.58 Å². The van der Waals surface area contributed by atoms with Crippen LogP contribution in [0.3, 0.4) is 0 Å². The molecule has 0 bridgehead atoms. The van der Waals surface area contributed by atoms with Crippen LogP contribution in [0, 0.1) is 16.7 Å². The van der Waals surface area contributed by atoms with Crippen LogP contribution < -0.4 is 0 Å². The van der Waals surface area contributed by atoms with Crippen LogP contribution in [0.4, 0.5) is 0 Å². The van der Waals surface area contributed by atoms with Gasteiger partial charge in [-0.05, 0) is 24.1 Å². The topological polar surface area (TPSA) is 83.8 Å². The number of aliphatic carboxylic acids is 1. The highest BCUT2D eigenvalue weighted by Crippen LogP contribution is 2.44. The van der Waals surface area contributed by atoms with Crippen LogP contribution in [-0.4, -0.2) is 42.5 Å². The van der Waals surface area contributed by atoms with Gasteiger partial charge in [0.25, 0.3) is 0 Å². The molecule has 0 fully saturated rings. The largest absolute Gasteiger partial charge is 0.481 e. The predicted molar refractivity (Wildman–Crippen MR) is 112 cm³/mol. The second kappa shape index (κ2) is 8.58. The van der Waals surface area contributed by atoms with Crippen molar-refractivity contribution in [3.8, 4) is 0 Å². The van der Waals surface area contributed by atoms with Gasteiger partial charge in [-0.2, -0.15) is 0 Å². The van der Waals surface area contributed by atoms with E-state index < -0.39 is 43.7 Å². The Morgan fingerprint density at radius 3 is 1.85 bits per heavy atom. The minimum absolute atomic E-state index is 0.0242. The van der Waals surface area contributed by atoms with E-state index >= 15 is 0 Å². The van der Waals surface area contributed by atoms with E-state index in [2.05, 4.69) is 40.4 Å². The Bertz CT molecular complexity index is 557. The summed E-state index contributed by atoms with van der Waals surface area (Å²) in [4.78, 5) is 24.5. The molecule has 0 saturated heterocycles. The van der Waals surface area contributed by atoms with E-state index in [0.717, 1.165) is 0 Å². The van der Waals surface area contributed by atoms with Crippen molar-refractivity contribution >= 4 is 20.1 Å². The van der Waals surface area contributed by atoms with E-state index in [1.807, 2.05) is 20.8 Å². The highest BCUT2D eigenvalue weighted by atomic mass is 28.4. The van der Waals surface area contributed by atoms with Gasteiger partial charge in [-0.25, -0.2) is 0 Å². The Hall–Kier alpha value is -0.983. The molecule has 0 aromatic heterocycles. The van der Waals surface area contributed by atoms with Crippen LogP contribution in [0.5, 0.6) is 0 Å². The van der Waals surface area contributed by atoms with Crippen molar-refractivity contribution in [1.29, 1.82) is 0 Å². The van der Waals surface area contributed by atoms with Crippen molar-refractivity contribution in [3.05, 3.63) is 12.7 Å². The van der Waals surface area contributed by atoms with Gasteiger partial charge < -0.3 is 14.6 Å². The lowest BCUT2D eigenvalue weighted by Crippen LogP contribution is -2.56. The van der Waals surface area contributed by atoms with Crippen molar-refractivity contribution < 1.29 is 24.2 Å². The van der Waals surface area contributed by atoms with Crippen molar-refractivity contribution in [2.45, 2.75) is 92.2 Å². The van der Waals surface area contributed by atoms with Crippen LogP contribution in [0.1, 0.15) is 61.8 Å². The molecule has 0 aliphatic rings. The van der Waals surface area contributed by atoms with E-state index in [4.69, 9.17) is 9.53 Å². The molecule has 6 heteroatoms. The summed E-state index contributed by atoms with van der Waals surface area (Å²) < 4.78 is 6.65. The second-order valence-electron chi connectivity index (χ2n) is 10.3. The summed E-state index contributed by atoms with van der Waals surface area (Å²) in [6, 6.07) is 0. The second-order valence-corrected chi connectivity index (χ2v) is 15.0. The van der Waals surface area contributed by atoms with Crippen molar-refractivity contribution in [2.24, 2.45) is 16.7 Å². The van der Waals surface area contributed by atoms with E-state index in [1.165, 1.54) is 0 Å². The molecule has 1 unspecified atom stereocenters. The summed E-state index contributed by atoms with van der Waals surface area (Å²) in [6.07, 6.45) is -0.373. The van der Waals surface area contributed by atoms with Crippen LogP contribution in [0.2, 0.25) is 18.1 Å². The predicted octanol–water partition coefficient (Wildman–Crippen LogP) is 4.66. The molecule has 3 atom stereocenters. The van der Waals surface area contributed by atoms with Crippen LogP contribution in [0.15, 0.2) is 12.7 Å². The standard InChI is InChI=1S/C21H40O5Si/c1-12-14(2)17(26-27(10,11)19(3,4)5)21(8,9)18(25)20(6,7)15(22)13-16(23)24/h12,14-15,17,22H,1,13H2,2-11H3,(H,23,24)/t14-,15-,17?/m0/s1. The third-order valence-electron chi connectivity index (χ3n) is 6.16. The van der Waals surface area contributed by atoms with Crippen molar-refractivity contribution in [2.75, 3.05) is 0 Å². The lowest BCUT2D eigenvalue weighted by molar-refractivity contribution is -0.152. The number of carbonyl (C=O) groups excluding carboxylic acids is 1. The summed E-state index contributed by atoms with van der Waals surface area (Å²) in [5, 5.41) is 19.3. The maximum Gasteiger partial charge on any atom is 0.306 e. The molecule has 0 spiro atoms. The number of hydrogen-bond donors (Lipinski definition) is 2. The SMILES string of the molecule is C=C[C@H](C)C(O[Si](C)(C)C(C)(C)C)C(C)(C)C(=O)C(C)(C)[C@@H](O)CC(=O)O. The van der Waals surface area contributed by atoms with Gasteiger partial charge in [0.1, 0.15) is 5.78 Å². The first kappa shape index (κ1) is 26.0. The Balaban J connectivity index is 5.99.